The Bertz CT molecular complexity index is 257. The lowest BCUT2D eigenvalue weighted by atomic mass is 9.99. The molecule has 0 spiro atoms. The van der Waals surface area contributed by atoms with Crippen LogP contribution in [-0.4, -0.2) is 60.4 Å². The number of nitrogens with one attached hydrogen (secondary N) is 1. The molecule has 0 bridgehead atoms. The van der Waals surface area contributed by atoms with Crippen LogP contribution in [0.1, 0.15) is 34.6 Å². The molecule has 108 valence electrons. The first-order valence-corrected chi connectivity index (χ1v) is 6.47. The highest BCUT2D eigenvalue weighted by atomic mass is 16.5. The van der Waals surface area contributed by atoms with Crippen molar-refractivity contribution < 1.29 is 14.6 Å². The Balaban J connectivity index is 4.75. The van der Waals surface area contributed by atoms with Crippen molar-refractivity contribution in [3.8, 4) is 0 Å². The first-order valence-electron chi connectivity index (χ1n) is 6.47. The van der Waals surface area contributed by atoms with Gasteiger partial charge < -0.3 is 9.84 Å². The fourth-order valence-corrected chi connectivity index (χ4v) is 1.95. The topological polar surface area (TPSA) is 61.8 Å². The van der Waals surface area contributed by atoms with Crippen LogP contribution in [0.5, 0.6) is 0 Å². The quantitative estimate of drug-likeness (QED) is 0.652. The van der Waals surface area contributed by atoms with Gasteiger partial charge in [0.15, 0.2) is 0 Å². The van der Waals surface area contributed by atoms with Crippen LogP contribution in [0.4, 0.5) is 0 Å². The van der Waals surface area contributed by atoms with Gasteiger partial charge in [-0.1, -0.05) is 0 Å². The first kappa shape index (κ1) is 17.4. The van der Waals surface area contributed by atoms with E-state index in [1.165, 1.54) is 0 Å². The van der Waals surface area contributed by atoms with Gasteiger partial charge in [-0.2, -0.15) is 0 Å². The molecule has 5 heteroatoms. The Hall–Kier alpha value is -0.650. The van der Waals surface area contributed by atoms with Gasteiger partial charge in [0.25, 0.3) is 0 Å². The molecule has 5 nitrogen and oxygen atoms in total. The van der Waals surface area contributed by atoms with E-state index in [1.807, 2.05) is 13.8 Å². The van der Waals surface area contributed by atoms with Gasteiger partial charge in [0.2, 0.25) is 0 Å². The molecule has 0 saturated heterocycles. The SMILES string of the molecule is COCCN(CC(C)(NC(C)C)C(=O)O)C(C)C. The number of aliphatic carboxylic acids is 1. The largest absolute Gasteiger partial charge is 0.480 e. The molecule has 0 rings (SSSR count). The van der Waals surface area contributed by atoms with Crippen molar-refractivity contribution in [1.82, 2.24) is 10.2 Å². The molecule has 0 aliphatic carbocycles. The summed E-state index contributed by atoms with van der Waals surface area (Å²) >= 11 is 0. The third kappa shape index (κ3) is 5.80. The van der Waals surface area contributed by atoms with Crippen LogP contribution in [0.25, 0.3) is 0 Å². The molecule has 0 saturated carbocycles. The molecule has 0 aliphatic heterocycles. The Kier molecular flexibility index (Phi) is 7.43. The molecular weight excluding hydrogens is 232 g/mol. The van der Waals surface area contributed by atoms with Crippen molar-refractivity contribution in [2.45, 2.75) is 52.2 Å². The minimum Gasteiger partial charge on any atom is -0.480 e. The monoisotopic (exact) mass is 260 g/mol. The number of rotatable bonds is 9. The van der Waals surface area contributed by atoms with E-state index in [-0.39, 0.29) is 12.1 Å². The summed E-state index contributed by atoms with van der Waals surface area (Å²) in [5, 5.41) is 12.6. The Morgan fingerprint density at radius 3 is 2.28 bits per heavy atom. The number of methoxy groups -OCH3 is 1. The van der Waals surface area contributed by atoms with Crippen LogP contribution in [0.2, 0.25) is 0 Å². The van der Waals surface area contributed by atoms with Gasteiger partial charge in [0.05, 0.1) is 6.61 Å². The van der Waals surface area contributed by atoms with Gasteiger partial charge >= 0.3 is 5.97 Å². The zero-order valence-corrected chi connectivity index (χ0v) is 12.5. The maximum atomic E-state index is 11.5. The smallest absolute Gasteiger partial charge is 0.324 e. The highest BCUT2D eigenvalue weighted by molar-refractivity contribution is 5.78. The third-order valence-electron chi connectivity index (χ3n) is 2.91. The van der Waals surface area contributed by atoms with Crippen LogP contribution in [-0.2, 0) is 9.53 Å². The molecule has 0 heterocycles. The van der Waals surface area contributed by atoms with Crippen LogP contribution >= 0.6 is 0 Å². The Labute approximate surface area is 110 Å². The Morgan fingerprint density at radius 1 is 1.39 bits per heavy atom. The van der Waals surface area contributed by atoms with E-state index >= 15 is 0 Å². The van der Waals surface area contributed by atoms with Gasteiger partial charge in [0.1, 0.15) is 5.54 Å². The number of carbonyl (C=O) groups is 1. The van der Waals surface area contributed by atoms with Crippen LogP contribution in [0, 0.1) is 0 Å². The van der Waals surface area contributed by atoms with Gasteiger partial charge in [-0.05, 0) is 34.6 Å². The molecular formula is C13H28N2O3. The summed E-state index contributed by atoms with van der Waals surface area (Å²) in [5.41, 5.74) is -0.938. The van der Waals surface area contributed by atoms with Crippen molar-refractivity contribution in [3.63, 3.8) is 0 Å². The van der Waals surface area contributed by atoms with Crippen molar-refractivity contribution in [1.29, 1.82) is 0 Å². The standard InChI is InChI=1S/C13H28N2O3/c1-10(2)14-13(5,12(16)17)9-15(11(3)4)7-8-18-6/h10-11,14H,7-9H2,1-6H3,(H,16,17). The van der Waals surface area contributed by atoms with Crippen molar-refractivity contribution in [3.05, 3.63) is 0 Å². The minimum absolute atomic E-state index is 0.127. The molecule has 0 fully saturated rings. The van der Waals surface area contributed by atoms with Gasteiger partial charge in [-0.3, -0.25) is 15.0 Å². The second-order valence-corrected chi connectivity index (χ2v) is 5.49. The zero-order chi connectivity index (χ0) is 14.3. The summed E-state index contributed by atoms with van der Waals surface area (Å²) in [4.78, 5) is 13.6. The third-order valence-corrected chi connectivity index (χ3v) is 2.91. The fourth-order valence-electron chi connectivity index (χ4n) is 1.95. The normalized spacial score (nSPS) is 15.4. The zero-order valence-electron chi connectivity index (χ0n) is 12.5. The van der Waals surface area contributed by atoms with E-state index in [4.69, 9.17) is 4.74 Å². The average Bonchev–Trinajstić information content (AvgIpc) is 2.22. The number of carboxylic acids is 1. The summed E-state index contributed by atoms with van der Waals surface area (Å²) in [7, 11) is 1.65. The molecule has 0 aromatic carbocycles. The fraction of sp³-hybridized carbons (Fsp3) is 0.923. The Morgan fingerprint density at radius 2 is 1.94 bits per heavy atom. The maximum absolute atomic E-state index is 11.5. The first-order chi connectivity index (χ1) is 8.23. The summed E-state index contributed by atoms with van der Waals surface area (Å²) in [5.74, 6) is -0.820. The van der Waals surface area contributed by atoms with Crippen molar-refractivity contribution in [2.75, 3.05) is 26.8 Å². The molecule has 18 heavy (non-hydrogen) atoms. The van der Waals surface area contributed by atoms with Gasteiger partial charge in [-0.15, -0.1) is 0 Å². The molecule has 1 atom stereocenters. The number of ether oxygens (including phenoxy) is 1. The van der Waals surface area contributed by atoms with Gasteiger partial charge in [-0.25, -0.2) is 0 Å². The molecule has 0 aromatic heterocycles. The van der Waals surface area contributed by atoms with E-state index in [2.05, 4.69) is 24.1 Å². The van der Waals surface area contributed by atoms with Crippen LogP contribution in [0.3, 0.4) is 0 Å². The van der Waals surface area contributed by atoms with E-state index in [0.717, 1.165) is 6.54 Å². The van der Waals surface area contributed by atoms with E-state index in [1.54, 1.807) is 14.0 Å². The molecule has 2 N–H and O–H groups in total. The lowest BCUT2D eigenvalue weighted by molar-refractivity contribution is -0.145. The predicted molar refractivity (Wildman–Crippen MR) is 72.9 cm³/mol. The second kappa shape index (κ2) is 7.71. The number of nitrogens with zero attached hydrogens (tertiary/aromatic N) is 1. The molecule has 0 aliphatic rings. The average molecular weight is 260 g/mol. The molecule has 0 aromatic rings. The maximum Gasteiger partial charge on any atom is 0.324 e. The number of carboxylic acid groups (broad SMARTS) is 1. The number of hydrogen-bond donors (Lipinski definition) is 2. The van der Waals surface area contributed by atoms with E-state index in [9.17, 15) is 9.90 Å². The summed E-state index contributed by atoms with van der Waals surface area (Å²) in [6.45, 7) is 11.6. The van der Waals surface area contributed by atoms with Gasteiger partial charge in [0, 0.05) is 32.3 Å². The second-order valence-electron chi connectivity index (χ2n) is 5.49. The van der Waals surface area contributed by atoms with Crippen molar-refractivity contribution >= 4 is 5.97 Å². The predicted octanol–water partition coefficient (Wildman–Crippen LogP) is 1.18. The lowest BCUT2D eigenvalue weighted by Crippen LogP contribution is -2.60. The highest BCUT2D eigenvalue weighted by Gasteiger charge is 2.35. The molecule has 0 amide bonds. The summed E-state index contributed by atoms with van der Waals surface area (Å²) < 4.78 is 5.07. The number of hydrogen-bond acceptors (Lipinski definition) is 4. The molecule has 0 radical (unpaired) electrons. The highest BCUT2D eigenvalue weighted by Crippen LogP contribution is 2.11. The molecule has 1 unspecified atom stereocenters. The van der Waals surface area contributed by atoms with E-state index in [0.29, 0.717) is 13.2 Å². The van der Waals surface area contributed by atoms with Crippen LogP contribution < -0.4 is 5.32 Å². The lowest BCUT2D eigenvalue weighted by Gasteiger charge is -2.36. The van der Waals surface area contributed by atoms with Crippen LogP contribution in [0.15, 0.2) is 0 Å². The van der Waals surface area contributed by atoms with E-state index < -0.39 is 11.5 Å². The minimum atomic E-state index is -0.938. The summed E-state index contributed by atoms with van der Waals surface area (Å²) in [6.07, 6.45) is 0. The summed E-state index contributed by atoms with van der Waals surface area (Å²) in [6, 6.07) is 0.412. The van der Waals surface area contributed by atoms with Crippen molar-refractivity contribution in [2.24, 2.45) is 0 Å².